The van der Waals surface area contributed by atoms with Gasteiger partial charge in [0.1, 0.15) is 12.6 Å². The molecule has 0 saturated heterocycles. The molecule has 4 atom stereocenters. The second-order valence-electron chi connectivity index (χ2n) is 9.71. The molecule has 210 valence electrons. The Kier molecular flexibility index (Phi) is 9.52. The zero-order valence-electron chi connectivity index (χ0n) is 22.7. The normalized spacial score (nSPS) is 15.2. The van der Waals surface area contributed by atoms with Crippen LogP contribution >= 0.6 is 0 Å². The first-order valence-corrected chi connectivity index (χ1v) is 13.1. The van der Waals surface area contributed by atoms with Crippen LogP contribution in [0.2, 0.25) is 0 Å². The number of carboxylic acid groups (broad SMARTS) is 1. The van der Waals surface area contributed by atoms with E-state index in [0.29, 0.717) is 0 Å². The lowest BCUT2D eigenvalue weighted by Gasteiger charge is -2.27. The van der Waals surface area contributed by atoms with Crippen LogP contribution in [0.1, 0.15) is 36.5 Å². The third-order valence-corrected chi connectivity index (χ3v) is 7.13. The van der Waals surface area contributed by atoms with Crippen LogP contribution in [0.5, 0.6) is 0 Å². The van der Waals surface area contributed by atoms with Gasteiger partial charge < -0.3 is 30.0 Å². The number of carboxylic acids is 1. The molecule has 0 aliphatic heterocycles. The van der Waals surface area contributed by atoms with Gasteiger partial charge in [-0.25, -0.2) is 9.59 Å². The predicted molar refractivity (Wildman–Crippen MR) is 149 cm³/mol. The number of rotatable bonds is 12. The molecule has 0 fully saturated rings. The number of fused-ring (bicyclic) bond motifs is 3. The number of carbonyl (C=O) groups excluding carboxylic acids is 2. The van der Waals surface area contributed by atoms with Crippen LogP contribution < -0.4 is 10.6 Å². The molecular formula is C31H34N2O7. The molecule has 0 spiro atoms. The van der Waals surface area contributed by atoms with E-state index in [2.05, 4.69) is 10.6 Å². The molecule has 0 radical (unpaired) electrons. The van der Waals surface area contributed by atoms with Gasteiger partial charge in [-0.1, -0.05) is 78.9 Å². The Hall–Kier alpha value is -4.21. The van der Waals surface area contributed by atoms with Crippen molar-refractivity contribution < 1.29 is 33.7 Å². The maximum Gasteiger partial charge on any atom is 0.407 e. The number of aliphatic carboxylic acids is 1. The van der Waals surface area contributed by atoms with Crippen LogP contribution in [0.4, 0.5) is 4.79 Å². The minimum absolute atomic E-state index is 0.0671. The Bertz CT molecular complexity index is 1280. The van der Waals surface area contributed by atoms with Crippen LogP contribution in [0.25, 0.3) is 11.1 Å². The number of methoxy groups -OCH3 is 1. The largest absolute Gasteiger partial charge is 0.480 e. The fourth-order valence-electron chi connectivity index (χ4n) is 4.82. The van der Waals surface area contributed by atoms with Crippen molar-refractivity contribution >= 4 is 18.0 Å². The van der Waals surface area contributed by atoms with Crippen molar-refractivity contribution in [2.45, 2.75) is 50.7 Å². The van der Waals surface area contributed by atoms with Crippen molar-refractivity contribution in [1.29, 1.82) is 0 Å². The summed E-state index contributed by atoms with van der Waals surface area (Å²) in [5.41, 5.74) is 5.18. The molecule has 4 rings (SSSR count). The number of alkyl carbamates (subject to hydrolysis) is 1. The van der Waals surface area contributed by atoms with Crippen LogP contribution in [0.15, 0.2) is 78.9 Å². The average molecular weight is 547 g/mol. The molecule has 0 bridgehead atoms. The van der Waals surface area contributed by atoms with E-state index in [1.807, 2.05) is 78.9 Å². The van der Waals surface area contributed by atoms with Gasteiger partial charge in [-0.3, -0.25) is 4.79 Å². The van der Waals surface area contributed by atoms with Crippen molar-refractivity contribution in [2.24, 2.45) is 0 Å². The highest BCUT2D eigenvalue weighted by atomic mass is 16.5. The molecule has 9 heteroatoms. The van der Waals surface area contributed by atoms with Gasteiger partial charge >= 0.3 is 12.1 Å². The van der Waals surface area contributed by atoms with E-state index < -0.39 is 42.3 Å². The van der Waals surface area contributed by atoms with Gasteiger partial charge in [0.25, 0.3) is 0 Å². The molecule has 0 saturated carbocycles. The van der Waals surface area contributed by atoms with Gasteiger partial charge in [0, 0.05) is 13.0 Å². The molecule has 4 unspecified atom stereocenters. The monoisotopic (exact) mass is 546 g/mol. The molecule has 3 N–H and O–H groups in total. The lowest BCUT2D eigenvalue weighted by atomic mass is 9.98. The van der Waals surface area contributed by atoms with Crippen LogP contribution in [-0.2, 0) is 30.4 Å². The number of ether oxygens (including phenoxy) is 3. The van der Waals surface area contributed by atoms with Gasteiger partial charge in [0.2, 0.25) is 5.91 Å². The van der Waals surface area contributed by atoms with Crippen LogP contribution in [-0.4, -0.2) is 61.1 Å². The molecule has 1 aliphatic carbocycles. The van der Waals surface area contributed by atoms with Gasteiger partial charge in [0.15, 0.2) is 6.04 Å². The molecule has 3 aromatic carbocycles. The quantitative estimate of drug-likeness (QED) is 0.313. The molecule has 1 aliphatic rings. The highest BCUT2D eigenvalue weighted by Crippen LogP contribution is 2.44. The van der Waals surface area contributed by atoms with E-state index in [1.165, 1.54) is 7.11 Å². The summed E-state index contributed by atoms with van der Waals surface area (Å²) in [4.78, 5) is 38.0. The van der Waals surface area contributed by atoms with Gasteiger partial charge in [-0.2, -0.15) is 0 Å². The van der Waals surface area contributed by atoms with Gasteiger partial charge in [0.05, 0.1) is 18.8 Å². The predicted octanol–water partition coefficient (Wildman–Crippen LogP) is 4.10. The number of carbonyl (C=O) groups is 3. The van der Waals surface area contributed by atoms with Gasteiger partial charge in [-0.15, -0.1) is 0 Å². The third-order valence-electron chi connectivity index (χ3n) is 7.13. The Morgan fingerprint density at radius 1 is 0.800 bits per heavy atom. The standard InChI is InChI=1S/C31H34N2O7/c1-19(38-3)27(29(34)32-28(30(35)36)20(2)39-17-21-11-5-4-6-12-21)33-31(37)40-18-26-24-15-9-7-13-22(24)23-14-8-10-16-25(23)26/h4-16,19-20,26-28H,17-18H2,1-3H3,(H,32,34)(H,33,37)(H,35,36). The Morgan fingerprint density at radius 3 is 1.95 bits per heavy atom. The maximum atomic E-state index is 13.2. The van der Waals surface area contributed by atoms with Crippen molar-refractivity contribution in [3.05, 3.63) is 95.6 Å². The lowest BCUT2D eigenvalue weighted by Crippen LogP contribution is -2.58. The summed E-state index contributed by atoms with van der Waals surface area (Å²) in [5.74, 6) is -2.14. The van der Waals surface area contributed by atoms with Crippen molar-refractivity contribution in [3.8, 4) is 11.1 Å². The smallest absolute Gasteiger partial charge is 0.407 e. The lowest BCUT2D eigenvalue weighted by molar-refractivity contribution is -0.147. The SMILES string of the molecule is COC(C)C(NC(=O)OCC1c2ccccc2-c2ccccc21)C(=O)NC(C(=O)O)C(C)OCc1ccccc1. The highest BCUT2D eigenvalue weighted by molar-refractivity contribution is 5.90. The van der Waals surface area contributed by atoms with E-state index in [4.69, 9.17) is 14.2 Å². The summed E-state index contributed by atoms with van der Waals surface area (Å²) in [6.45, 7) is 3.41. The third kappa shape index (κ3) is 6.67. The molecule has 0 aromatic heterocycles. The van der Waals surface area contributed by atoms with E-state index in [-0.39, 0.29) is 19.1 Å². The fraction of sp³-hybridized carbons (Fsp3) is 0.323. The van der Waals surface area contributed by atoms with Crippen molar-refractivity contribution in [2.75, 3.05) is 13.7 Å². The summed E-state index contributed by atoms with van der Waals surface area (Å²) < 4.78 is 16.6. The summed E-state index contributed by atoms with van der Waals surface area (Å²) in [7, 11) is 1.39. The zero-order valence-corrected chi connectivity index (χ0v) is 22.7. The minimum atomic E-state index is -1.35. The Morgan fingerprint density at radius 2 is 1.38 bits per heavy atom. The number of hydrogen-bond acceptors (Lipinski definition) is 6. The summed E-state index contributed by atoms with van der Waals surface area (Å²) >= 11 is 0. The number of nitrogens with one attached hydrogen (secondary N) is 2. The van der Waals surface area contributed by atoms with E-state index >= 15 is 0 Å². The Labute approximate surface area is 233 Å². The number of amides is 2. The first-order valence-electron chi connectivity index (χ1n) is 13.1. The molecule has 0 heterocycles. The molecular weight excluding hydrogens is 512 g/mol. The van der Waals surface area contributed by atoms with E-state index in [1.54, 1.807) is 13.8 Å². The topological polar surface area (TPSA) is 123 Å². The Balaban J connectivity index is 1.39. The molecule has 9 nitrogen and oxygen atoms in total. The highest BCUT2D eigenvalue weighted by Gasteiger charge is 2.35. The average Bonchev–Trinajstić information content (AvgIpc) is 3.29. The molecule has 40 heavy (non-hydrogen) atoms. The second-order valence-corrected chi connectivity index (χ2v) is 9.71. The summed E-state index contributed by atoms with van der Waals surface area (Å²) in [6.07, 6.45) is -2.43. The van der Waals surface area contributed by atoms with E-state index in [9.17, 15) is 19.5 Å². The molecule has 3 aromatic rings. The number of hydrogen-bond donors (Lipinski definition) is 3. The van der Waals surface area contributed by atoms with Crippen LogP contribution in [0.3, 0.4) is 0 Å². The minimum Gasteiger partial charge on any atom is -0.480 e. The maximum absolute atomic E-state index is 13.2. The summed E-state index contributed by atoms with van der Waals surface area (Å²) in [5, 5.41) is 14.8. The first kappa shape index (κ1) is 28.8. The zero-order chi connectivity index (χ0) is 28.6. The van der Waals surface area contributed by atoms with Crippen molar-refractivity contribution in [1.82, 2.24) is 10.6 Å². The van der Waals surface area contributed by atoms with Crippen LogP contribution in [0, 0.1) is 0 Å². The fourth-order valence-corrected chi connectivity index (χ4v) is 4.82. The first-order chi connectivity index (χ1) is 19.3. The second kappa shape index (κ2) is 13.2. The van der Waals surface area contributed by atoms with Crippen molar-refractivity contribution in [3.63, 3.8) is 0 Å². The van der Waals surface area contributed by atoms with Gasteiger partial charge in [-0.05, 0) is 41.7 Å². The van der Waals surface area contributed by atoms with E-state index in [0.717, 1.165) is 27.8 Å². The molecule has 2 amide bonds. The summed E-state index contributed by atoms with van der Waals surface area (Å²) in [6, 6.07) is 22.7. The number of benzene rings is 3.